The van der Waals surface area contributed by atoms with Gasteiger partial charge in [0.15, 0.2) is 0 Å². The van der Waals surface area contributed by atoms with Crippen molar-refractivity contribution in [3.8, 4) is 0 Å². The van der Waals surface area contributed by atoms with Crippen LogP contribution >= 0.6 is 0 Å². The monoisotopic (exact) mass is 287 g/mol. The minimum Gasteiger partial charge on any atom is -0.454 e. The molecule has 0 heterocycles. The molecule has 0 atom stereocenters. The first-order valence-corrected chi connectivity index (χ1v) is 6.41. The van der Waals surface area contributed by atoms with E-state index in [1.807, 2.05) is 0 Å². The number of anilines is 1. The van der Waals surface area contributed by atoms with Gasteiger partial charge in [-0.3, -0.25) is 4.79 Å². The summed E-state index contributed by atoms with van der Waals surface area (Å²) in [5.41, 5.74) is 4.58. The van der Waals surface area contributed by atoms with Gasteiger partial charge >= 0.3 is 12.1 Å². The SMILES string of the molecule is CC(=O)OC1(c2ccc(C(F)(F)F)cc2N)CCCC1. The maximum Gasteiger partial charge on any atom is 0.416 e. The number of alkyl halides is 3. The molecule has 0 radical (unpaired) electrons. The van der Waals surface area contributed by atoms with Crippen molar-refractivity contribution in [2.45, 2.75) is 44.4 Å². The van der Waals surface area contributed by atoms with Crippen molar-refractivity contribution in [1.29, 1.82) is 0 Å². The summed E-state index contributed by atoms with van der Waals surface area (Å²) in [7, 11) is 0. The fraction of sp³-hybridized carbons (Fsp3) is 0.500. The molecule has 3 nitrogen and oxygen atoms in total. The van der Waals surface area contributed by atoms with E-state index in [2.05, 4.69) is 0 Å². The highest BCUT2D eigenvalue weighted by molar-refractivity contribution is 5.67. The van der Waals surface area contributed by atoms with E-state index < -0.39 is 23.3 Å². The molecule has 0 aromatic heterocycles. The van der Waals surface area contributed by atoms with Gasteiger partial charge in [0.25, 0.3) is 0 Å². The van der Waals surface area contributed by atoms with Crippen molar-refractivity contribution in [3.05, 3.63) is 29.3 Å². The Balaban J connectivity index is 2.42. The average molecular weight is 287 g/mol. The lowest BCUT2D eigenvalue weighted by Gasteiger charge is -2.30. The van der Waals surface area contributed by atoms with E-state index in [1.165, 1.54) is 13.0 Å². The van der Waals surface area contributed by atoms with Crippen LogP contribution in [0.4, 0.5) is 18.9 Å². The third-order valence-corrected chi connectivity index (χ3v) is 3.62. The molecule has 1 aliphatic rings. The first kappa shape index (κ1) is 14.7. The molecule has 6 heteroatoms. The van der Waals surface area contributed by atoms with E-state index in [-0.39, 0.29) is 5.69 Å². The standard InChI is InChI=1S/C14H16F3NO2/c1-9(19)20-13(6-2-3-7-13)11-5-4-10(8-12(11)18)14(15,16)17/h4-5,8H,2-3,6-7,18H2,1H3. The van der Waals surface area contributed by atoms with E-state index in [9.17, 15) is 18.0 Å². The number of nitrogens with two attached hydrogens (primary N) is 1. The lowest BCUT2D eigenvalue weighted by molar-refractivity contribution is -0.157. The van der Waals surface area contributed by atoms with Gasteiger partial charge < -0.3 is 10.5 Å². The smallest absolute Gasteiger partial charge is 0.416 e. The van der Waals surface area contributed by atoms with E-state index >= 15 is 0 Å². The summed E-state index contributed by atoms with van der Waals surface area (Å²) in [6.07, 6.45) is -1.55. The van der Waals surface area contributed by atoms with Crippen molar-refractivity contribution < 1.29 is 22.7 Å². The Labute approximate surface area is 114 Å². The van der Waals surface area contributed by atoms with Crippen molar-refractivity contribution in [2.75, 3.05) is 5.73 Å². The minimum atomic E-state index is -4.43. The Kier molecular flexibility index (Phi) is 3.67. The van der Waals surface area contributed by atoms with Gasteiger partial charge in [0.2, 0.25) is 0 Å². The van der Waals surface area contributed by atoms with Crippen LogP contribution in [0.15, 0.2) is 18.2 Å². The summed E-state index contributed by atoms with van der Waals surface area (Å²) < 4.78 is 43.3. The molecule has 0 spiro atoms. The summed E-state index contributed by atoms with van der Waals surface area (Å²) in [6, 6.07) is 3.21. The van der Waals surface area contributed by atoms with E-state index in [0.29, 0.717) is 18.4 Å². The van der Waals surface area contributed by atoms with Crippen LogP contribution in [-0.2, 0) is 21.3 Å². The zero-order valence-electron chi connectivity index (χ0n) is 11.1. The number of halogens is 3. The van der Waals surface area contributed by atoms with Gasteiger partial charge in [-0.15, -0.1) is 0 Å². The maximum absolute atomic E-state index is 12.6. The van der Waals surface area contributed by atoms with Gasteiger partial charge in [-0.2, -0.15) is 13.2 Å². The van der Waals surface area contributed by atoms with Crippen molar-refractivity contribution >= 4 is 11.7 Å². The molecular formula is C14H16F3NO2. The van der Waals surface area contributed by atoms with Crippen molar-refractivity contribution in [2.24, 2.45) is 0 Å². The number of hydrogen-bond donors (Lipinski definition) is 1. The van der Waals surface area contributed by atoms with Crippen molar-refractivity contribution in [1.82, 2.24) is 0 Å². The number of nitrogen functional groups attached to an aromatic ring is 1. The summed E-state index contributed by atoms with van der Waals surface area (Å²) in [5.74, 6) is -0.453. The summed E-state index contributed by atoms with van der Waals surface area (Å²) in [6.45, 7) is 1.29. The van der Waals surface area contributed by atoms with Crippen LogP contribution in [0.25, 0.3) is 0 Å². The molecule has 0 bridgehead atoms. The molecule has 1 saturated carbocycles. The van der Waals surface area contributed by atoms with Gasteiger partial charge in [0, 0.05) is 18.2 Å². The summed E-state index contributed by atoms with van der Waals surface area (Å²) in [5, 5.41) is 0. The highest BCUT2D eigenvalue weighted by Gasteiger charge is 2.41. The number of rotatable bonds is 2. The molecule has 0 saturated heterocycles. The molecule has 2 rings (SSSR count). The second-order valence-corrected chi connectivity index (χ2v) is 5.09. The van der Waals surface area contributed by atoms with E-state index in [1.54, 1.807) is 0 Å². The quantitative estimate of drug-likeness (QED) is 0.667. The van der Waals surface area contributed by atoms with E-state index in [4.69, 9.17) is 10.5 Å². The average Bonchev–Trinajstić information content (AvgIpc) is 2.76. The third kappa shape index (κ3) is 2.73. The molecular weight excluding hydrogens is 271 g/mol. The van der Waals surface area contributed by atoms with Crippen LogP contribution < -0.4 is 5.73 Å². The molecule has 1 aromatic carbocycles. The number of hydrogen-bond acceptors (Lipinski definition) is 3. The molecule has 1 aromatic rings. The zero-order valence-corrected chi connectivity index (χ0v) is 11.1. The molecule has 2 N–H and O–H groups in total. The fourth-order valence-electron chi connectivity index (χ4n) is 2.80. The van der Waals surface area contributed by atoms with Crippen molar-refractivity contribution in [3.63, 3.8) is 0 Å². The van der Waals surface area contributed by atoms with Gasteiger partial charge in [-0.25, -0.2) is 0 Å². The van der Waals surface area contributed by atoms with Crippen LogP contribution in [0.2, 0.25) is 0 Å². The van der Waals surface area contributed by atoms with Gasteiger partial charge in [-0.1, -0.05) is 6.07 Å². The normalized spacial score (nSPS) is 18.0. The third-order valence-electron chi connectivity index (χ3n) is 3.62. The molecule has 0 amide bonds. The summed E-state index contributed by atoms with van der Waals surface area (Å²) in [4.78, 5) is 11.3. The number of ether oxygens (including phenoxy) is 1. The topological polar surface area (TPSA) is 52.3 Å². The number of benzene rings is 1. The Morgan fingerprint density at radius 1 is 1.30 bits per heavy atom. The van der Waals surface area contributed by atoms with Gasteiger partial charge in [0.05, 0.1) is 5.56 Å². The second-order valence-electron chi connectivity index (χ2n) is 5.09. The summed E-state index contributed by atoms with van der Waals surface area (Å²) >= 11 is 0. The molecule has 20 heavy (non-hydrogen) atoms. The number of carbonyl (C=O) groups is 1. The molecule has 1 aliphatic carbocycles. The Morgan fingerprint density at radius 2 is 1.90 bits per heavy atom. The zero-order chi connectivity index (χ0) is 15.0. The highest BCUT2D eigenvalue weighted by atomic mass is 19.4. The minimum absolute atomic E-state index is 0.0166. The Morgan fingerprint density at radius 3 is 2.35 bits per heavy atom. The van der Waals surface area contributed by atoms with Gasteiger partial charge in [-0.05, 0) is 37.8 Å². The Bertz CT molecular complexity index is 520. The highest BCUT2D eigenvalue weighted by Crippen LogP contribution is 2.45. The molecule has 110 valence electrons. The second kappa shape index (κ2) is 5.00. The first-order valence-electron chi connectivity index (χ1n) is 6.41. The predicted octanol–water partition coefficient (Wildman–Crippen LogP) is 3.62. The van der Waals surface area contributed by atoms with E-state index in [0.717, 1.165) is 25.0 Å². The first-order chi connectivity index (χ1) is 9.24. The van der Waals surface area contributed by atoms with Crippen LogP contribution in [0.3, 0.4) is 0 Å². The number of esters is 1. The predicted molar refractivity (Wildman–Crippen MR) is 67.8 cm³/mol. The lowest BCUT2D eigenvalue weighted by atomic mass is 9.89. The lowest BCUT2D eigenvalue weighted by Crippen LogP contribution is -2.29. The maximum atomic E-state index is 12.6. The molecule has 0 aliphatic heterocycles. The Hall–Kier alpha value is -1.72. The van der Waals surface area contributed by atoms with Crippen LogP contribution in [0.5, 0.6) is 0 Å². The number of carbonyl (C=O) groups excluding carboxylic acids is 1. The molecule has 0 unspecified atom stereocenters. The van der Waals surface area contributed by atoms with Crippen LogP contribution in [0, 0.1) is 0 Å². The van der Waals surface area contributed by atoms with Crippen LogP contribution in [-0.4, -0.2) is 5.97 Å². The fourth-order valence-corrected chi connectivity index (χ4v) is 2.80. The van der Waals surface area contributed by atoms with Crippen LogP contribution in [0.1, 0.15) is 43.7 Å². The molecule has 1 fully saturated rings. The van der Waals surface area contributed by atoms with Gasteiger partial charge in [0.1, 0.15) is 5.60 Å². The largest absolute Gasteiger partial charge is 0.454 e.